The van der Waals surface area contributed by atoms with Crippen molar-refractivity contribution in [3.05, 3.63) is 71.7 Å². The number of nitrogens with zero attached hydrogens (tertiary/aromatic N) is 3. The number of pyridine rings is 1. The molecule has 0 saturated carbocycles. The molecule has 1 aromatic carbocycles. The minimum atomic E-state index is -0.102. The van der Waals surface area contributed by atoms with Crippen LogP contribution in [0.2, 0.25) is 0 Å². The van der Waals surface area contributed by atoms with Crippen LogP contribution in [0.25, 0.3) is 0 Å². The van der Waals surface area contributed by atoms with E-state index in [1.165, 1.54) is 11.8 Å². The molecule has 6 nitrogen and oxygen atoms in total. The quantitative estimate of drug-likeness (QED) is 0.714. The average molecular weight is 350 g/mol. The number of hydrogen-bond donors (Lipinski definition) is 2. The maximum Gasteiger partial charge on any atom is 0.229 e. The minimum Gasteiger partial charge on any atom is -0.506 e. The van der Waals surface area contributed by atoms with Crippen molar-refractivity contribution in [1.29, 1.82) is 0 Å². The lowest BCUT2D eigenvalue weighted by atomic mass is 10.0. The van der Waals surface area contributed by atoms with E-state index in [1.807, 2.05) is 12.1 Å². The molecular weight excluding hydrogens is 328 g/mol. The molecule has 3 aromatic rings. The number of amides is 1. The fraction of sp³-hybridized carbons (Fsp3) is 0.250. The molecule has 6 heteroatoms. The Morgan fingerprint density at radius 2 is 1.92 bits per heavy atom. The van der Waals surface area contributed by atoms with Gasteiger partial charge in [0.1, 0.15) is 5.75 Å². The fourth-order valence-corrected chi connectivity index (χ4v) is 2.59. The van der Waals surface area contributed by atoms with Gasteiger partial charge in [0, 0.05) is 12.3 Å². The Bertz CT molecular complexity index is 868. The van der Waals surface area contributed by atoms with E-state index in [0.717, 1.165) is 11.3 Å². The zero-order valence-corrected chi connectivity index (χ0v) is 14.9. The molecule has 0 unspecified atom stereocenters. The molecule has 0 spiro atoms. The van der Waals surface area contributed by atoms with Gasteiger partial charge in [-0.1, -0.05) is 38.1 Å². The third kappa shape index (κ3) is 4.69. The van der Waals surface area contributed by atoms with Crippen LogP contribution in [0.5, 0.6) is 5.75 Å². The third-order valence-corrected chi connectivity index (χ3v) is 4.05. The molecule has 0 aliphatic rings. The van der Waals surface area contributed by atoms with Gasteiger partial charge >= 0.3 is 0 Å². The Morgan fingerprint density at radius 1 is 1.15 bits per heavy atom. The van der Waals surface area contributed by atoms with E-state index in [1.54, 1.807) is 29.1 Å². The van der Waals surface area contributed by atoms with Gasteiger partial charge in [0.05, 0.1) is 24.9 Å². The van der Waals surface area contributed by atoms with Crippen LogP contribution in [0, 0.1) is 0 Å². The number of carbonyl (C=O) groups is 1. The fourth-order valence-electron chi connectivity index (χ4n) is 2.59. The average Bonchev–Trinajstić information content (AvgIpc) is 3.04. The molecule has 2 heterocycles. The van der Waals surface area contributed by atoms with Crippen molar-refractivity contribution < 1.29 is 9.90 Å². The molecular formula is C20H22N4O2. The van der Waals surface area contributed by atoms with Gasteiger partial charge in [-0.05, 0) is 29.2 Å². The van der Waals surface area contributed by atoms with Crippen molar-refractivity contribution in [2.45, 2.75) is 32.7 Å². The van der Waals surface area contributed by atoms with Crippen LogP contribution in [-0.4, -0.2) is 25.8 Å². The maximum absolute atomic E-state index is 12.2. The second kappa shape index (κ2) is 7.82. The molecule has 3 rings (SSSR count). The van der Waals surface area contributed by atoms with Crippen LogP contribution < -0.4 is 5.32 Å². The van der Waals surface area contributed by atoms with Gasteiger partial charge in [0.25, 0.3) is 0 Å². The lowest BCUT2D eigenvalue weighted by Crippen LogP contribution is -2.15. The lowest BCUT2D eigenvalue weighted by molar-refractivity contribution is -0.115. The number of aromatic hydroxyl groups is 1. The molecule has 0 saturated heterocycles. The van der Waals surface area contributed by atoms with Gasteiger partial charge < -0.3 is 10.4 Å². The van der Waals surface area contributed by atoms with Crippen LogP contribution >= 0.6 is 0 Å². The molecule has 2 N–H and O–H groups in total. The van der Waals surface area contributed by atoms with E-state index >= 15 is 0 Å². The van der Waals surface area contributed by atoms with Gasteiger partial charge in [-0.15, -0.1) is 0 Å². The number of aromatic nitrogens is 3. The number of rotatable bonds is 6. The minimum absolute atomic E-state index is 0.102. The molecule has 0 atom stereocenters. The Balaban J connectivity index is 1.56. The van der Waals surface area contributed by atoms with E-state index in [0.29, 0.717) is 24.7 Å². The second-order valence-corrected chi connectivity index (χ2v) is 6.53. The first-order chi connectivity index (χ1) is 12.5. The van der Waals surface area contributed by atoms with Gasteiger partial charge in [0.2, 0.25) is 5.91 Å². The highest BCUT2D eigenvalue weighted by molar-refractivity contribution is 5.91. The molecule has 0 fully saturated rings. The van der Waals surface area contributed by atoms with Gasteiger partial charge in [-0.3, -0.25) is 14.5 Å². The topological polar surface area (TPSA) is 80.0 Å². The highest BCUT2D eigenvalue weighted by atomic mass is 16.3. The Hall–Kier alpha value is -3.15. The van der Waals surface area contributed by atoms with Crippen LogP contribution in [0.3, 0.4) is 0 Å². The van der Waals surface area contributed by atoms with Crippen molar-refractivity contribution in [2.24, 2.45) is 0 Å². The molecule has 2 aromatic heterocycles. The van der Waals surface area contributed by atoms with E-state index in [4.69, 9.17) is 0 Å². The Morgan fingerprint density at radius 3 is 2.58 bits per heavy atom. The summed E-state index contributed by atoms with van der Waals surface area (Å²) in [6, 6.07) is 13.2. The van der Waals surface area contributed by atoms with Gasteiger partial charge in [-0.2, -0.15) is 5.10 Å². The van der Waals surface area contributed by atoms with E-state index in [2.05, 4.69) is 41.4 Å². The van der Waals surface area contributed by atoms with Crippen molar-refractivity contribution in [3.63, 3.8) is 0 Å². The second-order valence-electron chi connectivity index (χ2n) is 6.53. The summed E-state index contributed by atoms with van der Waals surface area (Å²) in [5.74, 6) is 1.01. The normalized spacial score (nSPS) is 10.9. The summed E-state index contributed by atoms with van der Waals surface area (Å²) in [4.78, 5) is 16.3. The van der Waals surface area contributed by atoms with Crippen molar-refractivity contribution in [1.82, 2.24) is 14.8 Å². The van der Waals surface area contributed by atoms with E-state index < -0.39 is 0 Å². The van der Waals surface area contributed by atoms with Crippen LogP contribution in [-0.2, 0) is 17.8 Å². The van der Waals surface area contributed by atoms with Crippen LogP contribution in [0.15, 0.2) is 54.9 Å². The highest BCUT2D eigenvalue weighted by Crippen LogP contribution is 2.15. The molecule has 1 amide bonds. The SMILES string of the molecule is CC(C)c1ccc(CC(=O)Nc2ccn(Cc3ccc(O)cn3)n2)cc1. The van der Waals surface area contributed by atoms with Crippen LogP contribution in [0.1, 0.15) is 36.6 Å². The maximum atomic E-state index is 12.2. The summed E-state index contributed by atoms with van der Waals surface area (Å²) in [5.41, 5.74) is 3.00. The van der Waals surface area contributed by atoms with E-state index in [9.17, 15) is 9.90 Å². The largest absolute Gasteiger partial charge is 0.506 e. The summed E-state index contributed by atoms with van der Waals surface area (Å²) in [6.07, 6.45) is 3.48. The molecule has 0 bridgehead atoms. The summed E-state index contributed by atoms with van der Waals surface area (Å²) < 4.78 is 1.69. The number of anilines is 1. The molecule has 134 valence electrons. The van der Waals surface area contributed by atoms with Crippen molar-refractivity contribution >= 4 is 11.7 Å². The number of hydrogen-bond acceptors (Lipinski definition) is 4. The predicted octanol–water partition coefficient (Wildman–Crippen LogP) is 3.34. The summed E-state index contributed by atoms with van der Waals surface area (Å²) in [7, 11) is 0. The smallest absolute Gasteiger partial charge is 0.229 e. The number of nitrogens with one attached hydrogen (secondary N) is 1. The van der Waals surface area contributed by atoms with Crippen LogP contribution in [0.4, 0.5) is 5.82 Å². The number of benzene rings is 1. The molecule has 0 radical (unpaired) electrons. The zero-order chi connectivity index (χ0) is 18.5. The van der Waals surface area contributed by atoms with Gasteiger partial charge in [0.15, 0.2) is 5.82 Å². The lowest BCUT2D eigenvalue weighted by Gasteiger charge is -2.07. The zero-order valence-electron chi connectivity index (χ0n) is 14.9. The van der Waals surface area contributed by atoms with Gasteiger partial charge in [-0.25, -0.2) is 0 Å². The Labute approximate surface area is 152 Å². The Kier molecular flexibility index (Phi) is 5.31. The van der Waals surface area contributed by atoms with Crippen molar-refractivity contribution in [2.75, 3.05) is 5.32 Å². The summed E-state index contributed by atoms with van der Waals surface area (Å²) in [6.45, 7) is 4.75. The predicted molar refractivity (Wildman–Crippen MR) is 100 cm³/mol. The first-order valence-corrected chi connectivity index (χ1v) is 8.55. The first kappa shape index (κ1) is 17.7. The van der Waals surface area contributed by atoms with E-state index in [-0.39, 0.29) is 11.7 Å². The first-order valence-electron chi connectivity index (χ1n) is 8.55. The summed E-state index contributed by atoms with van der Waals surface area (Å²) in [5, 5.41) is 16.4. The monoisotopic (exact) mass is 350 g/mol. The summed E-state index contributed by atoms with van der Waals surface area (Å²) >= 11 is 0. The standard InChI is InChI=1S/C20H22N4O2/c1-14(2)16-5-3-15(4-6-16)11-20(26)22-19-9-10-24(23-19)13-17-7-8-18(25)12-21-17/h3-10,12,14,25H,11,13H2,1-2H3,(H,22,23,26). The molecule has 0 aliphatic heterocycles. The molecule has 0 aliphatic carbocycles. The highest BCUT2D eigenvalue weighted by Gasteiger charge is 2.08. The molecule has 26 heavy (non-hydrogen) atoms. The number of carbonyl (C=O) groups excluding carboxylic acids is 1. The third-order valence-electron chi connectivity index (χ3n) is 4.05. The van der Waals surface area contributed by atoms with Crippen molar-refractivity contribution in [3.8, 4) is 5.75 Å².